The zero-order valence-electron chi connectivity index (χ0n) is 13.2. The lowest BCUT2D eigenvalue weighted by molar-refractivity contribution is -0.141. The minimum absolute atomic E-state index is 0.181. The molecule has 0 heterocycles. The van der Waals surface area contributed by atoms with Gasteiger partial charge in [-0.2, -0.15) is 0 Å². The van der Waals surface area contributed by atoms with Crippen molar-refractivity contribution in [3.8, 4) is 11.5 Å². The highest BCUT2D eigenvalue weighted by Gasteiger charge is 2.21. The van der Waals surface area contributed by atoms with Crippen LogP contribution in [-0.4, -0.2) is 32.6 Å². The maximum Gasteiger partial charge on any atom is 0.313 e. The predicted molar refractivity (Wildman–Crippen MR) is 79.2 cm³/mol. The molecule has 0 bridgehead atoms. The SMILES string of the molecule is CCOC(=O)CC(=O)c1cc(C(C)C)c(OC)cc1OC. The second kappa shape index (κ2) is 7.67. The molecule has 0 saturated heterocycles. The van der Waals surface area contributed by atoms with E-state index in [4.69, 9.17) is 14.2 Å². The Bertz CT molecular complexity index is 520. The summed E-state index contributed by atoms with van der Waals surface area (Å²) in [6.07, 6.45) is -0.298. The molecule has 5 nitrogen and oxygen atoms in total. The Labute approximate surface area is 125 Å². The summed E-state index contributed by atoms with van der Waals surface area (Å²) in [4.78, 5) is 23.7. The minimum atomic E-state index is -0.536. The Kier molecular flexibility index (Phi) is 6.21. The molecule has 1 aromatic rings. The van der Waals surface area contributed by atoms with Crippen molar-refractivity contribution in [3.05, 3.63) is 23.3 Å². The van der Waals surface area contributed by atoms with Crippen LogP contribution >= 0.6 is 0 Å². The van der Waals surface area contributed by atoms with Crippen LogP contribution in [0.1, 0.15) is 49.0 Å². The van der Waals surface area contributed by atoms with E-state index in [0.717, 1.165) is 5.56 Å². The number of methoxy groups -OCH3 is 2. The summed E-state index contributed by atoms with van der Waals surface area (Å²) in [6, 6.07) is 3.40. The number of ketones is 1. The molecular weight excluding hydrogens is 272 g/mol. The summed E-state index contributed by atoms with van der Waals surface area (Å²) in [7, 11) is 3.05. The lowest BCUT2D eigenvalue weighted by Gasteiger charge is -2.16. The van der Waals surface area contributed by atoms with Gasteiger partial charge in [0.05, 0.1) is 26.4 Å². The summed E-state index contributed by atoms with van der Waals surface area (Å²) in [5, 5.41) is 0. The van der Waals surface area contributed by atoms with Gasteiger partial charge in [0, 0.05) is 6.07 Å². The number of carbonyl (C=O) groups excluding carboxylic acids is 2. The average Bonchev–Trinajstić information content (AvgIpc) is 2.45. The smallest absolute Gasteiger partial charge is 0.313 e. The Hall–Kier alpha value is -2.04. The maximum absolute atomic E-state index is 12.3. The normalized spacial score (nSPS) is 10.4. The molecule has 0 unspecified atom stereocenters. The van der Waals surface area contributed by atoms with Gasteiger partial charge in [0.25, 0.3) is 0 Å². The number of Topliss-reactive ketones (excluding diaryl/α,β-unsaturated/α-hetero) is 1. The molecule has 0 amide bonds. The topological polar surface area (TPSA) is 61.8 Å². The van der Waals surface area contributed by atoms with E-state index in [1.165, 1.54) is 7.11 Å². The lowest BCUT2D eigenvalue weighted by Crippen LogP contribution is -2.13. The van der Waals surface area contributed by atoms with E-state index in [9.17, 15) is 9.59 Å². The number of hydrogen-bond acceptors (Lipinski definition) is 5. The van der Waals surface area contributed by atoms with Gasteiger partial charge >= 0.3 is 5.97 Å². The van der Waals surface area contributed by atoms with Gasteiger partial charge in [0.2, 0.25) is 0 Å². The predicted octanol–water partition coefficient (Wildman–Crippen LogP) is 2.96. The van der Waals surface area contributed by atoms with Crippen molar-refractivity contribution in [3.63, 3.8) is 0 Å². The van der Waals surface area contributed by atoms with Crippen molar-refractivity contribution in [1.82, 2.24) is 0 Å². The van der Waals surface area contributed by atoms with Crippen LogP contribution in [0, 0.1) is 0 Å². The Morgan fingerprint density at radius 3 is 2.19 bits per heavy atom. The van der Waals surface area contributed by atoms with Gasteiger partial charge in [-0.25, -0.2) is 0 Å². The zero-order chi connectivity index (χ0) is 16.0. The Balaban J connectivity index is 3.18. The first-order valence-electron chi connectivity index (χ1n) is 6.89. The molecule has 0 atom stereocenters. The molecule has 0 aromatic heterocycles. The second-order valence-electron chi connectivity index (χ2n) is 4.85. The molecule has 0 fully saturated rings. The fraction of sp³-hybridized carbons (Fsp3) is 0.500. The number of rotatable bonds is 7. The number of benzene rings is 1. The van der Waals surface area contributed by atoms with Crippen LogP contribution in [0.4, 0.5) is 0 Å². The summed E-state index contributed by atoms with van der Waals surface area (Å²) < 4.78 is 15.4. The fourth-order valence-electron chi connectivity index (χ4n) is 2.03. The number of ether oxygens (including phenoxy) is 3. The highest BCUT2D eigenvalue weighted by molar-refractivity contribution is 6.07. The quantitative estimate of drug-likeness (QED) is 0.439. The summed E-state index contributed by atoms with van der Waals surface area (Å²) in [5.74, 6) is 0.376. The van der Waals surface area contributed by atoms with Gasteiger partial charge in [-0.05, 0) is 24.5 Å². The molecule has 1 rings (SSSR count). The molecule has 0 radical (unpaired) electrons. The van der Waals surface area contributed by atoms with Gasteiger partial charge < -0.3 is 14.2 Å². The Morgan fingerprint density at radius 1 is 1.10 bits per heavy atom. The van der Waals surface area contributed by atoms with Crippen LogP contribution < -0.4 is 9.47 Å². The maximum atomic E-state index is 12.3. The lowest BCUT2D eigenvalue weighted by atomic mass is 9.96. The Morgan fingerprint density at radius 2 is 1.71 bits per heavy atom. The van der Waals surface area contributed by atoms with Crippen LogP contribution in [0.15, 0.2) is 12.1 Å². The third-order valence-corrected chi connectivity index (χ3v) is 3.08. The molecule has 116 valence electrons. The third kappa shape index (κ3) is 4.21. The molecule has 0 aliphatic rings. The van der Waals surface area contributed by atoms with Crippen LogP contribution in [0.2, 0.25) is 0 Å². The van der Waals surface area contributed by atoms with Crippen molar-refractivity contribution < 1.29 is 23.8 Å². The molecule has 0 aliphatic heterocycles. The minimum Gasteiger partial charge on any atom is -0.496 e. The van der Waals surface area contributed by atoms with Crippen molar-refractivity contribution in [2.24, 2.45) is 0 Å². The van der Waals surface area contributed by atoms with E-state index < -0.39 is 5.97 Å². The molecule has 1 aromatic carbocycles. The zero-order valence-corrected chi connectivity index (χ0v) is 13.2. The van der Waals surface area contributed by atoms with Crippen molar-refractivity contribution >= 4 is 11.8 Å². The molecular formula is C16H22O5. The summed E-state index contributed by atoms with van der Waals surface area (Å²) >= 11 is 0. The first-order chi connectivity index (χ1) is 9.94. The molecule has 0 N–H and O–H groups in total. The number of esters is 1. The van der Waals surface area contributed by atoms with Crippen molar-refractivity contribution in [2.45, 2.75) is 33.1 Å². The molecule has 21 heavy (non-hydrogen) atoms. The van der Waals surface area contributed by atoms with Gasteiger partial charge in [0.1, 0.15) is 17.9 Å². The van der Waals surface area contributed by atoms with E-state index in [0.29, 0.717) is 17.1 Å². The monoisotopic (exact) mass is 294 g/mol. The van der Waals surface area contributed by atoms with E-state index in [-0.39, 0.29) is 24.7 Å². The fourth-order valence-corrected chi connectivity index (χ4v) is 2.03. The van der Waals surface area contributed by atoms with Crippen molar-refractivity contribution in [1.29, 1.82) is 0 Å². The standard InChI is InChI=1S/C16H22O5/c1-6-21-16(18)8-13(17)12-7-11(10(2)3)14(19-4)9-15(12)20-5/h7,9-10H,6,8H2,1-5H3. The van der Waals surface area contributed by atoms with Gasteiger partial charge in [-0.1, -0.05) is 13.8 Å². The average molecular weight is 294 g/mol. The van der Waals surface area contributed by atoms with E-state index in [1.54, 1.807) is 26.2 Å². The molecule has 0 saturated carbocycles. The van der Waals surface area contributed by atoms with Gasteiger partial charge in [-0.3, -0.25) is 9.59 Å². The van der Waals surface area contributed by atoms with Crippen LogP contribution in [0.3, 0.4) is 0 Å². The molecule has 5 heteroatoms. The van der Waals surface area contributed by atoms with Gasteiger partial charge in [0.15, 0.2) is 5.78 Å². The van der Waals surface area contributed by atoms with E-state index >= 15 is 0 Å². The third-order valence-electron chi connectivity index (χ3n) is 3.08. The first kappa shape index (κ1) is 17.0. The molecule has 0 spiro atoms. The van der Waals surface area contributed by atoms with Crippen molar-refractivity contribution in [2.75, 3.05) is 20.8 Å². The number of hydrogen-bond donors (Lipinski definition) is 0. The second-order valence-corrected chi connectivity index (χ2v) is 4.85. The van der Waals surface area contributed by atoms with Crippen LogP contribution in [0.5, 0.6) is 11.5 Å². The van der Waals surface area contributed by atoms with E-state index in [2.05, 4.69) is 0 Å². The first-order valence-corrected chi connectivity index (χ1v) is 6.89. The largest absolute Gasteiger partial charge is 0.496 e. The highest BCUT2D eigenvalue weighted by Crippen LogP contribution is 2.34. The highest BCUT2D eigenvalue weighted by atomic mass is 16.5. The number of carbonyl (C=O) groups is 2. The van der Waals surface area contributed by atoms with E-state index in [1.807, 2.05) is 13.8 Å². The summed E-state index contributed by atoms with van der Waals surface area (Å²) in [5.41, 5.74) is 1.26. The summed E-state index contributed by atoms with van der Waals surface area (Å²) in [6.45, 7) is 5.96. The molecule has 0 aliphatic carbocycles. The van der Waals surface area contributed by atoms with Gasteiger partial charge in [-0.15, -0.1) is 0 Å². The van der Waals surface area contributed by atoms with Crippen LogP contribution in [-0.2, 0) is 9.53 Å². The van der Waals surface area contributed by atoms with Crippen LogP contribution in [0.25, 0.3) is 0 Å².